The second-order valence-corrected chi connectivity index (χ2v) is 11.9. The molecule has 4 aromatic heterocycles. The van der Waals surface area contributed by atoms with E-state index in [0.717, 1.165) is 72.1 Å². The van der Waals surface area contributed by atoms with Crippen LogP contribution in [-0.2, 0) is 0 Å². The lowest BCUT2D eigenvalue weighted by Gasteiger charge is -2.18. The van der Waals surface area contributed by atoms with Crippen molar-refractivity contribution in [2.45, 2.75) is 0 Å². The summed E-state index contributed by atoms with van der Waals surface area (Å²) in [5.41, 5.74) is 10.2. The van der Waals surface area contributed by atoms with Crippen LogP contribution in [0.3, 0.4) is 0 Å². The van der Waals surface area contributed by atoms with Crippen LogP contribution in [0.15, 0.2) is 170 Å². The zero-order valence-corrected chi connectivity index (χ0v) is 26.0. The Kier molecular flexibility index (Phi) is 6.76. The van der Waals surface area contributed by atoms with Gasteiger partial charge in [0.15, 0.2) is 0 Å². The molecule has 0 unspecified atom stereocenters. The second kappa shape index (κ2) is 11.7. The fraction of sp³-hybridized carbons (Fsp3) is 0. The molecule has 9 rings (SSSR count). The Morgan fingerprint density at radius 2 is 0.854 bits per heavy atom. The van der Waals surface area contributed by atoms with E-state index in [0.29, 0.717) is 0 Å². The van der Waals surface area contributed by atoms with Gasteiger partial charge in [-0.2, -0.15) is 0 Å². The van der Waals surface area contributed by atoms with Crippen LogP contribution in [0.2, 0.25) is 0 Å². The van der Waals surface area contributed by atoms with Crippen LogP contribution in [0.5, 0.6) is 0 Å². The van der Waals surface area contributed by atoms with E-state index in [2.05, 4.69) is 119 Å². The highest BCUT2D eigenvalue weighted by Gasteiger charge is 2.19. The number of fused-ring (bicyclic) bond motifs is 3. The molecule has 0 atom stereocenters. The molecule has 0 radical (unpaired) electrons. The van der Waals surface area contributed by atoms with Crippen molar-refractivity contribution < 1.29 is 0 Å². The molecule has 0 aliphatic heterocycles. The molecule has 0 fully saturated rings. The molecule has 4 heterocycles. The molecule has 0 saturated heterocycles. The van der Waals surface area contributed by atoms with Gasteiger partial charge in [0.1, 0.15) is 0 Å². The topological polar surface area (TPSA) is 51.6 Å². The molecule has 224 valence electrons. The maximum atomic E-state index is 5.06. The summed E-state index contributed by atoms with van der Waals surface area (Å²) in [4.78, 5) is 19.0. The van der Waals surface area contributed by atoms with Crippen molar-refractivity contribution in [3.63, 3.8) is 0 Å². The van der Waals surface area contributed by atoms with E-state index < -0.39 is 0 Å². The van der Waals surface area contributed by atoms with Crippen molar-refractivity contribution in [1.82, 2.24) is 19.9 Å². The van der Waals surface area contributed by atoms with Gasteiger partial charge in [-0.1, -0.05) is 91.0 Å². The van der Waals surface area contributed by atoms with Gasteiger partial charge in [-0.25, -0.2) is 0 Å². The van der Waals surface area contributed by atoms with Crippen molar-refractivity contribution in [2.24, 2.45) is 0 Å². The van der Waals surface area contributed by atoms with Gasteiger partial charge in [0, 0.05) is 41.5 Å². The highest BCUT2D eigenvalue weighted by molar-refractivity contribution is 6.21. The summed E-state index contributed by atoms with van der Waals surface area (Å²) in [6.45, 7) is 0. The predicted octanol–water partition coefficient (Wildman–Crippen LogP) is 11.1. The minimum absolute atomic E-state index is 0.848. The molecule has 0 amide bonds. The summed E-state index contributed by atoms with van der Waals surface area (Å²) in [6, 6.07) is 51.0. The van der Waals surface area contributed by atoms with E-state index >= 15 is 0 Å². The third-order valence-corrected chi connectivity index (χ3v) is 9.07. The first-order valence-corrected chi connectivity index (χ1v) is 16.0. The zero-order chi connectivity index (χ0) is 31.9. The smallest absolute Gasteiger partial charge is 0.0886 e. The number of hydrogen-bond acceptors (Lipinski definition) is 4. The fourth-order valence-corrected chi connectivity index (χ4v) is 6.75. The Labute approximate surface area is 278 Å². The van der Waals surface area contributed by atoms with Crippen molar-refractivity contribution in [3.8, 4) is 56.2 Å². The normalized spacial score (nSPS) is 11.3. The van der Waals surface area contributed by atoms with Gasteiger partial charge in [-0.05, 0) is 104 Å². The Bertz CT molecular complexity index is 2580. The monoisotopic (exact) mass is 612 g/mol. The molecular weight excluding hydrogens is 585 g/mol. The SMILES string of the molecule is c1ccc(-c2ccc(-c3c4ccccc4c(-c4ccc(-c5ccccn5)nc4)c4ccc(-c5ccc6ccccc6c5)cc34)nc2)nc1. The van der Waals surface area contributed by atoms with Gasteiger partial charge in [0.2, 0.25) is 0 Å². The molecule has 0 aliphatic rings. The molecule has 0 bridgehead atoms. The average molecular weight is 613 g/mol. The molecular formula is C44H28N4. The summed E-state index contributed by atoms with van der Waals surface area (Å²) in [5.74, 6) is 0. The number of benzene rings is 5. The van der Waals surface area contributed by atoms with Crippen LogP contribution in [0, 0.1) is 0 Å². The zero-order valence-electron chi connectivity index (χ0n) is 26.0. The Morgan fingerprint density at radius 1 is 0.292 bits per heavy atom. The summed E-state index contributed by atoms with van der Waals surface area (Å²) in [5, 5.41) is 7.04. The summed E-state index contributed by atoms with van der Waals surface area (Å²) >= 11 is 0. The highest BCUT2D eigenvalue weighted by Crippen LogP contribution is 2.44. The van der Waals surface area contributed by atoms with Gasteiger partial charge in [-0.15, -0.1) is 0 Å². The van der Waals surface area contributed by atoms with E-state index in [4.69, 9.17) is 9.97 Å². The number of hydrogen-bond donors (Lipinski definition) is 0. The molecule has 0 spiro atoms. The lowest BCUT2D eigenvalue weighted by Crippen LogP contribution is -1.94. The number of aromatic nitrogens is 4. The molecule has 4 nitrogen and oxygen atoms in total. The van der Waals surface area contributed by atoms with E-state index in [1.54, 1.807) is 6.20 Å². The summed E-state index contributed by atoms with van der Waals surface area (Å²) in [7, 11) is 0. The third-order valence-electron chi connectivity index (χ3n) is 9.07. The van der Waals surface area contributed by atoms with Crippen molar-refractivity contribution in [1.29, 1.82) is 0 Å². The van der Waals surface area contributed by atoms with Crippen LogP contribution in [0.25, 0.3) is 88.5 Å². The van der Waals surface area contributed by atoms with Gasteiger partial charge in [-0.3, -0.25) is 19.9 Å². The van der Waals surface area contributed by atoms with E-state index in [-0.39, 0.29) is 0 Å². The third kappa shape index (κ3) is 4.88. The molecule has 48 heavy (non-hydrogen) atoms. The van der Waals surface area contributed by atoms with E-state index in [1.165, 1.54) is 16.3 Å². The summed E-state index contributed by atoms with van der Waals surface area (Å²) < 4.78 is 0. The van der Waals surface area contributed by atoms with Gasteiger partial charge in [0.05, 0.1) is 22.8 Å². The highest BCUT2D eigenvalue weighted by atomic mass is 14.8. The first-order chi connectivity index (χ1) is 23.8. The van der Waals surface area contributed by atoms with Gasteiger partial charge >= 0.3 is 0 Å². The second-order valence-electron chi connectivity index (χ2n) is 11.9. The molecule has 0 N–H and O–H groups in total. The van der Waals surface area contributed by atoms with Crippen molar-refractivity contribution in [3.05, 3.63) is 170 Å². The largest absolute Gasteiger partial charge is 0.256 e. The molecule has 5 aromatic carbocycles. The Hall–Kier alpha value is -6.52. The predicted molar refractivity (Wildman–Crippen MR) is 197 cm³/mol. The van der Waals surface area contributed by atoms with Crippen LogP contribution >= 0.6 is 0 Å². The lowest BCUT2D eigenvalue weighted by molar-refractivity contribution is 1.25. The quantitative estimate of drug-likeness (QED) is 0.181. The van der Waals surface area contributed by atoms with Crippen molar-refractivity contribution >= 4 is 32.3 Å². The summed E-state index contributed by atoms with van der Waals surface area (Å²) in [6.07, 6.45) is 7.52. The average Bonchev–Trinajstić information content (AvgIpc) is 3.17. The maximum Gasteiger partial charge on any atom is 0.0886 e. The van der Waals surface area contributed by atoms with Crippen LogP contribution < -0.4 is 0 Å². The Balaban J connectivity index is 1.29. The van der Waals surface area contributed by atoms with Gasteiger partial charge in [0.25, 0.3) is 0 Å². The number of nitrogens with zero attached hydrogens (tertiary/aromatic N) is 4. The first kappa shape index (κ1) is 27.8. The minimum atomic E-state index is 0.848. The fourth-order valence-electron chi connectivity index (χ4n) is 6.75. The van der Waals surface area contributed by atoms with Crippen LogP contribution in [0.1, 0.15) is 0 Å². The molecule has 0 saturated carbocycles. The minimum Gasteiger partial charge on any atom is -0.256 e. The van der Waals surface area contributed by atoms with Gasteiger partial charge < -0.3 is 0 Å². The molecule has 9 aromatic rings. The number of pyridine rings is 4. The maximum absolute atomic E-state index is 5.06. The van der Waals surface area contributed by atoms with Crippen LogP contribution in [0.4, 0.5) is 0 Å². The molecule has 4 heteroatoms. The standard InChI is InChI=1S/C44H28N4/c1-2-10-30-25-31(16-15-29(30)9-1)32-17-20-37-38(26-32)44(42-22-18-33(27-48-42)39-13-5-7-23-45-39)36-12-4-3-11-35(36)43(37)34-19-21-41(47-28-34)40-14-6-8-24-46-40/h1-28H. The van der Waals surface area contributed by atoms with Crippen LogP contribution in [-0.4, -0.2) is 19.9 Å². The van der Waals surface area contributed by atoms with E-state index in [1.807, 2.05) is 55.0 Å². The number of rotatable bonds is 5. The molecule has 0 aliphatic carbocycles. The van der Waals surface area contributed by atoms with Crippen molar-refractivity contribution in [2.75, 3.05) is 0 Å². The van der Waals surface area contributed by atoms with E-state index in [9.17, 15) is 0 Å². The lowest BCUT2D eigenvalue weighted by atomic mass is 9.86. The Morgan fingerprint density at radius 3 is 1.58 bits per heavy atom. The first-order valence-electron chi connectivity index (χ1n) is 16.0.